The number of nitrogens with one attached hydrogen (secondary N) is 1. The van der Waals surface area contributed by atoms with Crippen molar-refractivity contribution in [2.75, 3.05) is 17.1 Å². The normalized spacial score (nSPS) is 11.0. The second-order valence-corrected chi connectivity index (χ2v) is 6.53. The molecule has 0 unspecified atom stereocenters. The van der Waals surface area contributed by atoms with Crippen LogP contribution in [0.1, 0.15) is 25.0 Å². The lowest BCUT2D eigenvalue weighted by Gasteiger charge is -2.11. The lowest BCUT2D eigenvalue weighted by Crippen LogP contribution is -2.20. The van der Waals surface area contributed by atoms with Crippen molar-refractivity contribution < 1.29 is 13.5 Å². The van der Waals surface area contributed by atoms with Gasteiger partial charge >= 0.3 is 0 Å². The summed E-state index contributed by atoms with van der Waals surface area (Å²) in [6, 6.07) is 5.18. The van der Waals surface area contributed by atoms with Gasteiger partial charge < -0.3 is 5.11 Å². The molecule has 2 N–H and O–H groups in total. The Bertz CT molecular complexity index is 595. The molecule has 0 bridgehead atoms. The monoisotopic (exact) mass is 281 g/mol. The Balaban J connectivity index is 2.97. The van der Waals surface area contributed by atoms with E-state index in [4.69, 9.17) is 5.11 Å². The minimum absolute atomic E-state index is 0.0663. The first-order valence-corrected chi connectivity index (χ1v) is 7.70. The van der Waals surface area contributed by atoms with E-state index in [1.807, 2.05) is 20.8 Å². The maximum Gasteiger partial charge on any atom is 0.232 e. The molecule has 0 aromatic heterocycles. The van der Waals surface area contributed by atoms with Gasteiger partial charge in [-0.15, -0.1) is 0 Å². The Hall–Kier alpha value is -1.51. The standard InChI is InChI=1S/C14H19NO3S/c1-11(2)10-19(17,18)15-14-7-6-12(3)13(9-14)5-4-8-16/h6-7,9,11,15-16H,8,10H2,1-3H3. The zero-order valence-electron chi connectivity index (χ0n) is 11.4. The van der Waals surface area contributed by atoms with Crippen LogP contribution >= 0.6 is 0 Å². The summed E-state index contributed by atoms with van der Waals surface area (Å²) < 4.78 is 26.2. The van der Waals surface area contributed by atoms with Crippen LogP contribution in [0.25, 0.3) is 0 Å². The van der Waals surface area contributed by atoms with Crippen molar-refractivity contribution in [1.29, 1.82) is 0 Å². The molecule has 1 aromatic rings. The minimum Gasteiger partial charge on any atom is -0.384 e. The van der Waals surface area contributed by atoms with E-state index >= 15 is 0 Å². The Labute approximate surface area is 114 Å². The third-order valence-corrected chi connectivity index (χ3v) is 4.02. The summed E-state index contributed by atoms with van der Waals surface area (Å²) in [5.41, 5.74) is 2.14. The summed E-state index contributed by atoms with van der Waals surface area (Å²) in [5, 5.41) is 8.69. The van der Waals surface area contributed by atoms with Crippen molar-refractivity contribution in [3.63, 3.8) is 0 Å². The second kappa shape index (κ2) is 6.60. The van der Waals surface area contributed by atoms with Gasteiger partial charge in [0.1, 0.15) is 6.61 Å². The smallest absolute Gasteiger partial charge is 0.232 e. The quantitative estimate of drug-likeness (QED) is 0.826. The molecule has 0 saturated heterocycles. The van der Waals surface area contributed by atoms with Crippen LogP contribution in [0.3, 0.4) is 0 Å². The maximum atomic E-state index is 11.8. The highest BCUT2D eigenvalue weighted by atomic mass is 32.2. The molecule has 0 aliphatic rings. The number of benzene rings is 1. The predicted molar refractivity (Wildman–Crippen MR) is 77.4 cm³/mol. The van der Waals surface area contributed by atoms with E-state index < -0.39 is 10.0 Å². The summed E-state index contributed by atoms with van der Waals surface area (Å²) >= 11 is 0. The zero-order chi connectivity index (χ0) is 14.5. The van der Waals surface area contributed by atoms with Crippen molar-refractivity contribution in [2.45, 2.75) is 20.8 Å². The summed E-state index contributed by atoms with van der Waals surface area (Å²) in [6.45, 7) is 5.37. The van der Waals surface area contributed by atoms with E-state index in [0.29, 0.717) is 11.3 Å². The Morgan fingerprint density at radius 1 is 1.37 bits per heavy atom. The van der Waals surface area contributed by atoms with Gasteiger partial charge in [0.25, 0.3) is 0 Å². The van der Waals surface area contributed by atoms with Gasteiger partial charge in [-0.25, -0.2) is 8.42 Å². The van der Waals surface area contributed by atoms with E-state index in [1.165, 1.54) is 0 Å². The topological polar surface area (TPSA) is 66.4 Å². The average Bonchev–Trinajstić information content (AvgIpc) is 2.27. The number of hydrogen-bond donors (Lipinski definition) is 2. The van der Waals surface area contributed by atoms with Crippen LogP contribution in [0.15, 0.2) is 18.2 Å². The molecule has 0 heterocycles. The largest absolute Gasteiger partial charge is 0.384 e. The number of rotatable bonds is 4. The molecule has 0 amide bonds. The molecule has 4 nitrogen and oxygen atoms in total. The van der Waals surface area contributed by atoms with Crippen molar-refractivity contribution in [2.24, 2.45) is 5.92 Å². The fraction of sp³-hybridized carbons (Fsp3) is 0.429. The Morgan fingerprint density at radius 2 is 2.05 bits per heavy atom. The number of aryl methyl sites for hydroxylation is 1. The average molecular weight is 281 g/mol. The maximum absolute atomic E-state index is 11.8. The lowest BCUT2D eigenvalue weighted by molar-refractivity contribution is 0.350. The molecule has 19 heavy (non-hydrogen) atoms. The Morgan fingerprint density at radius 3 is 2.63 bits per heavy atom. The van der Waals surface area contributed by atoms with E-state index in [1.54, 1.807) is 18.2 Å². The van der Waals surface area contributed by atoms with E-state index in [2.05, 4.69) is 16.6 Å². The highest BCUT2D eigenvalue weighted by molar-refractivity contribution is 7.92. The van der Waals surface area contributed by atoms with Gasteiger partial charge in [-0.2, -0.15) is 0 Å². The number of sulfonamides is 1. The molecule has 0 fully saturated rings. The highest BCUT2D eigenvalue weighted by Crippen LogP contribution is 2.16. The van der Waals surface area contributed by atoms with Crippen LogP contribution in [-0.4, -0.2) is 25.9 Å². The van der Waals surface area contributed by atoms with Gasteiger partial charge in [0.05, 0.1) is 5.75 Å². The number of aliphatic hydroxyl groups excluding tert-OH is 1. The van der Waals surface area contributed by atoms with Gasteiger partial charge in [-0.05, 0) is 30.5 Å². The van der Waals surface area contributed by atoms with Crippen LogP contribution in [0.4, 0.5) is 5.69 Å². The van der Waals surface area contributed by atoms with Gasteiger partial charge in [0, 0.05) is 11.3 Å². The fourth-order valence-electron chi connectivity index (χ4n) is 1.61. The van der Waals surface area contributed by atoms with Gasteiger partial charge in [0.2, 0.25) is 10.0 Å². The lowest BCUT2D eigenvalue weighted by atomic mass is 10.1. The molecule has 104 valence electrons. The molecular formula is C14H19NO3S. The number of hydrogen-bond acceptors (Lipinski definition) is 3. The van der Waals surface area contributed by atoms with Crippen LogP contribution in [0.2, 0.25) is 0 Å². The summed E-state index contributed by atoms with van der Waals surface area (Å²) in [6.07, 6.45) is 0. The molecule has 0 atom stereocenters. The van der Waals surface area contributed by atoms with Crippen LogP contribution in [0, 0.1) is 24.7 Å². The van der Waals surface area contributed by atoms with Crippen LogP contribution < -0.4 is 4.72 Å². The summed E-state index contributed by atoms with van der Waals surface area (Å²) in [7, 11) is -3.33. The second-order valence-electron chi connectivity index (χ2n) is 4.77. The van der Waals surface area contributed by atoms with Crippen LogP contribution in [0.5, 0.6) is 0 Å². The zero-order valence-corrected chi connectivity index (χ0v) is 12.2. The highest BCUT2D eigenvalue weighted by Gasteiger charge is 2.13. The third kappa shape index (κ3) is 5.33. The molecule has 0 radical (unpaired) electrons. The number of anilines is 1. The summed E-state index contributed by atoms with van der Waals surface area (Å²) in [4.78, 5) is 0. The molecular weight excluding hydrogens is 262 g/mol. The number of aliphatic hydroxyl groups is 1. The predicted octanol–water partition coefficient (Wildman–Crippen LogP) is 1.74. The van der Waals surface area contributed by atoms with Crippen molar-refractivity contribution in [3.8, 4) is 11.8 Å². The summed E-state index contributed by atoms with van der Waals surface area (Å²) in [5.74, 6) is 5.50. The van der Waals surface area contributed by atoms with Gasteiger partial charge in [0.15, 0.2) is 0 Å². The molecule has 5 heteroatoms. The molecule has 0 saturated carbocycles. The minimum atomic E-state index is -3.33. The first-order chi connectivity index (χ1) is 8.84. The first kappa shape index (κ1) is 15.5. The molecule has 0 spiro atoms. The van der Waals surface area contributed by atoms with Crippen molar-refractivity contribution in [1.82, 2.24) is 0 Å². The van der Waals surface area contributed by atoms with Gasteiger partial charge in [-0.3, -0.25) is 4.72 Å². The molecule has 0 aliphatic carbocycles. The molecule has 0 aliphatic heterocycles. The van der Waals surface area contributed by atoms with Crippen LogP contribution in [-0.2, 0) is 10.0 Å². The first-order valence-electron chi connectivity index (χ1n) is 6.05. The molecule has 1 aromatic carbocycles. The van der Waals surface area contributed by atoms with Gasteiger partial charge in [-0.1, -0.05) is 31.8 Å². The Kier molecular flexibility index (Phi) is 5.40. The van der Waals surface area contributed by atoms with Crippen molar-refractivity contribution >= 4 is 15.7 Å². The van der Waals surface area contributed by atoms with E-state index in [-0.39, 0.29) is 18.3 Å². The SMILES string of the molecule is Cc1ccc(NS(=O)(=O)CC(C)C)cc1C#CCO. The molecule has 1 rings (SSSR count). The van der Waals surface area contributed by atoms with E-state index in [9.17, 15) is 8.42 Å². The fourth-order valence-corrected chi connectivity index (χ4v) is 3.06. The third-order valence-electron chi connectivity index (χ3n) is 2.37. The van der Waals surface area contributed by atoms with E-state index in [0.717, 1.165) is 5.56 Å². The van der Waals surface area contributed by atoms with Crippen molar-refractivity contribution in [3.05, 3.63) is 29.3 Å².